The summed E-state index contributed by atoms with van der Waals surface area (Å²) in [7, 11) is 0. The monoisotopic (exact) mass is 255 g/mol. The van der Waals surface area contributed by atoms with Crippen LogP contribution in [0, 0.1) is 11.4 Å². The molecular formula is C14H22FNO2. The maximum atomic E-state index is 12.7. The van der Waals surface area contributed by atoms with Crippen LogP contribution in [0.3, 0.4) is 0 Å². The zero-order valence-electron chi connectivity index (χ0n) is 11.3. The van der Waals surface area contributed by atoms with E-state index in [1.807, 2.05) is 0 Å². The number of pyridine rings is 1. The first-order valence-corrected chi connectivity index (χ1v) is 5.88. The van der Waals surface area contributed by atoms with Crippen LogP contribution in [-0.4, -0.2) is 16.7 Å². The minimum atomic E-state index is -0.497. The molecule has 0 aliphatic heterocycles. The van der Waals surface area contributed by atoms with Crippen molar-refractivity contribution in [1.29, 1.82) is 0 Å². The minimum absolute atomic E-state index is 0.326. The van der Waals surface area contributed by atoms with Crippen LogP contribution in [0.4, 0.5) is 4.39 Å². The van der Waals surface area contributed by atoms with E-state index in [1.54, 1.807) is 6.07 Å². The van der Waals surface area contributed by atoms with Gasteiger partial charge in [0.25, 0.3) is 0 Å². The number of nitrogens with zero attached hydrogens (tertiary/aromatic N) is 1. The van der Waals surface area contributed by atoms with Crippen LogP contribution in [0.2, 0.25) is 0 Å². The molecule has 0 saturated heterocycles. The molecule has 0 aliphatic rings. The normalized spacial score (nSPS) is 10.2. The summed E-state index contributed by atoms with van der Waals surface area (Å²) >= 11 is 0. The lowest BCUT2D eigenvalue weighted by molar-refractivity contribution is 0.268. The first kappa shape index (κ1) is 16.4. The Balaban J connectivity index is 0.000000873. The predicted octanol–water partition coefficient (Wildman–Crippen LogP) is 4.11. The Morgan fingerprint density at radius 1 is 1.50 bits per heavy atom. The van der Waals surface area contributed by atoms with Crippen LogP contribution in [-0.2, 0) is 0 Å². The van der Waals surface area contributed by atoms with Crippen LogP contribution >= 0.6 is 0 Å². The van der Waals surface area contributed by atoms with Gasteiger partial charge >= 0.3 is 0 Å². The Morgan fingerprint density at radius 3 is 2.61 bits per heavy atom. The van der Waals surface area contributed by atoms with Crippen LogP contribution < -0.4 is 4.74 Å². The average Bonchev–Trinajstić information content (AvgIpc) is 2.24. The highest BCUT2D eigenvalue weighted by atomic mass is 19.1. The van der Waals surface area contributed by atoms with Crippen LogP contribution in [0.15, 0.2) is 31.2 Å². The molecule has 1 N–H and O–H groups in total. The van der Waals surface area contributed by atoms with Gasteiger partial charge in [-0.25, -0.2) is 4.98 Å². The van der Waals surface area contributed by atoms with Crippen molar-refractivity contribution < 1.29 is 14.2 Å². The van der Waals surface area contributed by atoms with E-state index in [2.05, 4.69) is 32.3 Å². The Kier molecular flexibility index (Phi) is 7.76. The molecule has 0 aromatic carbocycles. The molecule has 1 aromatic rings. The molecule has 0 unspecified atom stereocenters. The molecule has 0 saturated carbocycles. The predicted molar refractivity (Wildman–Crippen MR) is 71.2 cm³/mol. The fraction of sp³-hybridized carbons (Fsp3) is 0.500. The zero-order chi connectivity index (χ0) is 14.0. The third-order valence-electron chi connectivity index (χ3n) is 2.04. The second-order valence-corrected chi connectivity index (χ2v) is 5.01. The third kappa shape index (κ3) is 9.63. The molecule has 1 heterocycles. The number of rotatable bonds is 4. The first-order chi connectivity index (χ1) is 8.39. The summed E-state index contributed by atoms with van der Waals surface area (Å²) in [5.74, 6) is 0.0553. The highest BCUT2D eigenvalue weighted by Gasteiger charge is 2.09. The van der Waals surface area contributed by atoms with E-state index in [9.17, 15) is 4.39 Å². The summed E-state index contributed by atoms with van der Waals surface area (Å²) in [5.41, 5.74) is 0.326. The number of hydrogen-bond acceptors (Lipinski definition) is 3. The number of hydrogen-bond donors (Lipinski definition) is 1. The maximum absolute atomic E-state index is 12.7. The fourth-order valence-electron chi connectivity index (χ4n) is 1.27. The highest BCUT2D eigenvalue weighted by molar-refractivity contribution is 5.17. The Hall–Kier alpha value is -1.58. The molecule has 0 bridgehead atoms. The van der Waals surface area contributed by atoms with E-state index in [0.29, 0.717) is 17.8 Å². The van der Waals surface area contributed by atoms with Gasteiger partial charge in [0.1, 0.15) is 5.75 Å². The molecule has 0 aliphatic carbocycles. The Morgan fingerprint density at radius 2 is 2.11 bits per heavy atom. The molecule has 0 spiro atoms. The molecule has 0 fully saturated rings. The minimum Gasteiger partial charge on any atom is -0.516 e. The van der Waals surface area contributed by atoms with E-state index in [-0.39, 0.29) is 0 Å². The van der Waals surface area contributed by atoms with E-state index in [0.717, 1.165) is 19.1 Å². The number of aromatic nitrogens is 1. The van der Waals surface area contributed by atoms with Crippen LogP contribution in [0.1, 0.15) is 33.6 Å². The summed E-state index contributed by atoms with van der Waals surface area (Å²) in [6.45, 7) is 10.1. The molecule has 0 amide bonds. The summed E-state index contributed by atoms with van der Waals surface area (Å²) in [6.07, 6.45) is 4.24. The number of aliphatic hydroxyl groups is 1. The van der Waals surface area contributed by atoms with Crippen molar-refractivity contribution >= 4 is 0 Å². The van der Waals surface area contributed by atoms with Gasteiger partial charge in [0.2, 0.25) is 5.95 Å². The van der Waals surface area contributed by atoms with Gasteiger partial charge in [-0.15, -0.1) is 0 Å². The number of ether oxygens (including phenoxy) is 1. The molecular weight excluding hydrogens is 233 g/mol. The van der Waals surface area contributed by atoms with E-state index < -0.39 is 5.95 Å². The Labute approximate surface area is 108 Å². The summed E-state index contributed by atoms with van der Waals surface area (Å²) in [5, 5.41) is 7.33. The molecule has 102 valence electrons. The largest absolute Gasteiger partial charge is 0.516 e. The van der Waals surface area contributed by atoms with Crippen molar-refractivity contribution in [2.24, 2.45) is 5.41 Å². The third-order valence-corrected chi connectivity index (χ3v) is 2.04. The van der Waals surface area contributed by atoms with E-state index >= 15 is 0 Å². The molecule has 18 heavy (non-hydrogen) atoms. The lowest BCUT2D eigenvalue weighted by atomic mass is 9.91. The Bertz CT molecular complexity index is 348. The van der Waals surface area contributed by atoms with Crippen LogP contribution in [0.5, 0.6) is 5.75 Å². The van der Waals surface area contributed by atoms with Gasteiger partial charge in [-0.2, -0.15) is 4.39 Å². The first-order valence-electron chi connectivity index (χ1n) is 5.88. The summed E-state index contributed by atoms with van der Waals surface area (Å²) in [4.78, 5) is 3.46. The fourth-order valence-corrected chi connectivity index (χ4v) is 1.27. The molecule has 3 nitrogen and oxygen atoms in total. The van der Waals surface area contributed by atoms with E-state index in [4.69, 9.17) is 9.84 Å². The molecule has 1 aromatic heterocycles. The van der Waals surface area contributed by atoms with Gasteiger partial charge < -0.3 is 9.84 Å². The van der Waals surface area contributed by atoms with Gasteiger partial charge in [-0.05, 0) is 24.3 Å². The quantitative estimate of drug-likeness (QED) is 0.500. The topological polar surface area (TPSA) is 42.4 Å². The van der Waals surface area contributed by atoms with Crippen molar-refractivity contribution in [2.45, 2.75) is 33.6 Å². The second kappa shape index (κ2) is 8.50. The van der Waals surface area contributed by atoms with Crippen molar-refractivity contribution in [1.82, 2.24) is 4.98 Å². The average molecular weight is 255 g/mol. The van der Waals surface area contributed by atoms with Gasteiger partial charge in [0.05, 0.1) is 12.9 Å². The second-order valence-electron chi connectivity index (χ2n) is 5.01. The number of aliphatic hydroxyl groups excluding tert-OH is 1. The van der Waals surface area contributed by atoms with E-state index in [1.165, 1.54) is 12.3 Å². The van der Waals surface area contributed by atoms with Gasteiger partial charge in [-0.3, -0.25) is 0 Å². The van der Waals surface area contributed by atoms with Crippen molar-refractivity contribution in [3.8, 4) is 5.75 Å². The van der Waals surface area contributed by atoms with Gasteiger partial charge in [0, 0.05) is 12.3 Å². The molecule has 0 radical (unpaired) electrons. The van der Waals surface area contributed by atoms with Crippen LogP contribution in [0.25, 0.3) is 0 Å². The van der Waals surface area contributed by atoms with Crippen molar-refractivity contribution in [3.63, 3.8) is 0 Å². The van der Waals surface area contributed by atoms with Gasteiger partial charge in [-0.1, -0.05) is 27.4 Å². The van der Waals surface area contributed by atoms with Gasteiger partial charge in [0.15, 0.2) is 0 Å². The standard InChI is InChI=1S/C12H18FNO.C2H4O/c1-12(2,3)6-4-8-15-10-5-7-14-11(13)9-10;1-2-3/h5,7,9H,4,6,8H2,1-3H3;2-3H,1H2. The molecule has 1 rings (SSSR count). The smallest absolute Gasteiger partial charge is 0.216 e. The summed E-state index contributed by atoms with van der Waals surface area (Å²) < 4.78 is 18.1. The number of halogens is 1. The lowest BCUT2D eigenvalue weighted by Gasteiger charge is -2.17. The highest BCUT2D eigenvalue weighted by Crippen LogP contribution is 2.20. The summed E-state index contributed by atoms with van der Waals surface area (Å²) in [6, 6.07) is 2.97. The maximum Gasteiger partial charge on any atom is 0.216 e. The van der Waals surface area contributed by atoms with Crippen molar-refractivity contribution in [3.05, 3.63) is 37.1 Å². The molecule has 4 heteroatoms. The molecule has 0 atom stereocenters. The lowest BCUT2D eigenvalue weighted by Crippen LogP contribution is -2.08. The SMILES string of the molecule is C=CO.CC(C)(C)CCCOc1ccnc(F)c1. The zero-order valence-corrected chi connectivity index (χ0v) is 11.3. The van der Waals surface area contributed by atoms with Crippen molar-refractivity contribution in [2.75, 3.05) is 6.61 Å².